The third kappa shape index (κ3) is 4.77. The third-order valence-corrected chi connectivity index (χ3v) is 5.05. The second-order valence-corrected chi connectivity index (χ2v) is 7.31. The Morgan fingerprint density at radius 3 is 2.27 bits per heavy atom. The summed E-state index contributed by atoms with van der Waals surface area (Å²) in [5.74, 6) is -0.266. The maximum absolute atomic E-state index is 12.6. The first-order chi connectivity index (χ1) is 12.5. The van der Waals surface area contributed by atoms with Gasteiger partial charge in [0.25, 0.3) is 5.91 Å². The zero-order chi connectivity index (χ0) is 18.5. The molecule has 0 spiro atoms. The smallest absolute Gasteiger partial charge is 0.253 e. The standard InChI is InChI=1S/C20H20Cl2N2O2/c21-17-7-3-14(4-8-17)12-23-19(25)16-2-1-11-24(13-16)20(26)15-5-9-18(22)10-6-15/h3-10,16H,1-2,11-13H2,(H,23,25)/t16-/m0/s1. The van der Waals surface area contributed by atoms with E-state index in [-0.39, 0.29) is 17.7 Å². The fourth-order valence-corrected chi connectivity index (χ4v) is 3.34. The highest BCUT2D eigenvalue weighted by Crippen LogP contribution is 2.20. The summed E-state index contributed by atoms with van der Waals surface area (Å²) in [5, 5.41) is 4.22. The van der Waals surface area contributed by atoms with Gasteiger partial charge < -0.3 is 10.2 Å². The second kappa shape index (κ2) is 8.56. The largest absolute Gasteiger partial charge is 0.352 e. The number of piperidine rings is 1. The Morgan fingerprint density at radius 1 is 1.00 bits per heavy atom. The van der Waals surface area contributed by atoms with Gasteiger partial charge in [-0.2, -0.15) is 0 Å². The van der Waals surface area contributed by atoms with E-state index in [1.807, 2.05) is 12.1 Å². The number of carbonyl (C=O) groups is 2. The van der Waals surface area contributed by atoms with Crippen molar-refractivity contribution in [2.45, 2.75) is 19.4 Å². The van der Waals surface area contributed by atoms with Crippen LogP contribution in [0.4, 0.5) is 0 Å². The summed E-state index contributed by atoms with van der Waals surface area (Å²) < 4.78 is 0. The molecule has 2 aromatic rings. The van der Waals surface area contributed by atoms with E-state index in [4.69, 9.17) is 23.2 Å². The van der Waals surface area contributed by atoms with Crippen LogP contribution in [0.2, 0.25) is 10.0 Å². The van der Waals surface area contributed by atoms with Crippen molar-refractivity contribution in [1.29, 1.82) is 0 Å². The Labute approximate surface area is 163 Å². The fourth-order valence-electron chi connectivity index (χ4n) is 3.09. The van der Waals surface area contributed by atoms with Gasteiger partial charge in [0.1, 0.15) is 0 Å². The highest BCUT2D eigenvalue weighted by molar-refractivity contribution is 6.30. The molecular formula is C20H20Cl2N2O2. The minimum atomic E-state index is -0.188. The molecule has 1 atom stereocenters. The van der Waals surface area contributed by atoms with Crippen molar-refractivity contribution in [3.05, 3.63) is 69.7 Å². The first-order valence-corrected chi connectivity index (χ1v) is 9.35. The summed E-state index contributed by atoms with van der Waals surface area (Å²) in [6, 6.07) is 14.2. The van der Waals surface area contributed by atoms with Gasteiger partial charge in [0.05, 0.1) is 5.92 Å². The molecule has 6 heteroatoms. The quantitative estimate of drug-likeness (QED) is 0.851. The van der Waals surface area contributed by atoms with E-state index in [1.165, 1.54) is 0 Å². The van der Waals surface area contributed by atoms with Gasteiger partial charge >= 0.3 is 0 Å². The lowest BCUT2D eigenvalue weighted by Crippen LogP contribution is -2.45. The van der Waals surface area contributed by atoms with E-state index < -0.39 is 0 Å². The van der Waals surface area contributed by atoms with Gasteiger partial charge in [-0.3, -0.25) is 9.59 Å². The molecule has 0 saturated carbocycles. The zero-order valence-electron chi connectivity index (χ0n) is 14.3. The number of rotatable bonds is 4. The van der Waals surface area contributed by atoms with Crippen LogP contribution in [0.25, 0.3) is 0 Å². The molecule has 136 valence electrons. The summed E-state index contributed by atoms with van der Waals surface area (Å²) in [5.41, 5.74) is 1.59. The number of benzene rings is 2. The van der Waals surface area contributed by atoms with Crippen LogP contribution in [0, 0.1) is 5.92 Å². The fraction of sp³-hybridized carbons (Fsp3) is 0.300. The van der Waals surface area contributed by atoms with Crippen molar-refractivity contribution in [3.63, 3.8) is 0 Å². The third-order valence-electron chi connectivity index (χ3n) is 4.55. The average Bonchev–Trinajstić information content (AvgIpc) is 2.67. The minimum absolute atomic E-state index is 0.0199. The maximum Gasteiger partial charge on any atom is 0.253 e. The summed E-state index contributed by atoms with van der Waals surface area (Å²) >= 11 is 11.7. The van der Waals surface area contributed by atoms with Gasteiger partial charge in [-0.25, -0.2) is 0 Å². The maximum atomic E-state index is 12.6. The molecule has 1 saturated heterocycles. The molecule has 0 aromatic heterocycles. The first kappa shape index (κ1) is 18.7. The van der Waals surface area contributed by atoms with E-state index >= 15 is 0 Å². The van der Waals surface area contributed by atoms with E-state index in [0.717, 1.165) is 18.4 Å². The molecule has 1 N–H and O–H groups in total. The van der Waals surface area contributed by atoms with E-state index in [2.05, 4.69) is 5.32 Å². The predicted molar refractivity (Wildman–Crippen MR) is 103 cm³/mol. The number of hydrogen-bond donors (Lipinski definition) is 1. The molecule has 26 heavy (non-hydrogen) atoms. The molecule has 3 rings (SSSR count). The van der Waals surface area contributed by atoms with Gasteiger partial charge in [-0.15, -0.1) is 0 Å². The average molecular weight is 391 g/mol. The van der Waals surface area contributed by atoms with Gasteiger partial charge in [0.15, 0.2) is 0 Å². The summed E-state index contributed by atoms with van der Waals surface area (Å²) in [6.07, 6.45) is 1.61. The second-order valence-electron chi connectivity index (χ2n) is 6.44. The lowest BCUT2D eigenvalue weighted by atomic mass is 9.96. The molecule has 1 heterocycles. The Hall–Kier alpha value is -2.04. The SMILES string of the molecule is O=C(NCc1ccc(Cl)cc1)[C@H]1CCCN(C(=O)c2ccc(Cl)cc2)C1. The molecule has 0 aliphatic carbocycles. The van der Waals surface area contributed by atoms with Crippen molar-refractivity contribution >= 4 is 35.0 Å². The van der Waals surface area contributed by atoms with Gasteiger partial charge in [-0.05, 0) is 54.8 Å². The molecule has 0 unspecified atom stereocenters. The molecule has 2 amide bonds. The van der Waals surface area contributed by atoms with Gasteiger partial charge in [-0.1, -0.05) is 35.3 Å². The van der Waals surface area contributed by atoms with Gasteiger partial charge in [0.2, 0.25) is 5.91 Å². The van der Waals surface area contributed by atoms with E-state index in [1.54, 1.807) is 41.3 Å². The minimum Gasteiger partial charge on any atom is -0.352 e. The van der Waals surface area contributed by atoms with Crippen molar-refractivity contribution < 1.29 is 9.59 Å². The Morgan fingerprint density at radius 2 is 1.62 bits per heavy atom. The Kier molecular flexibility index (Phi) is 6.17. The monoisotopic (exact) mass is 390 g/mol. The van der Waals surface area contributed by atoms with Gasteiger partial charge in [0, 0.05) is 35.2 Å². The number of nitrogens with one attached hydrogen (secondary N) is 1. The number of halogens is 2. The summed E-state index contributed by atoms with van der Waals surface area (Å²) in [6.45, 7) is 1.56. The molecular weight excluding hydrogens is 371 g/mol. The van der Waals surface area contributed by atoms with Crippen LogP contribution in [0.1, 0.15) is 28.8 Å². The topological polar surface area (TPSA) is 49.4 Å². The van der Waals surface area contributed by atoms with Crippen molar-refractivity contribution in [2.24, 2.45) is 5.92 Å². The van der Waals surface area contributed by atoms with Crippen molar-refractivity contribution in [1.82, 2.24) is 10.2 Å². The summed E-state index contributed by atoms with van der Waals surface area (Å²) in [4.78, 5) is 26.9. The van der Waals surface area contributed by atoms with Crippen LogP contribution >= 0.6 is 23.2 Å². The van der Waals surface area contributed by atoms with Crippen molar-refractivity contribution in [2.75, 3.05) is 13.1 Å². The van der Waals surface area contributed by atoms with E-state index in [9.17, 15) is 9.59 Å². The van der Waals surface area contributed by atoms with Crippen LogP contribution in [0.3, 0.4) is 0 Å². The molecule has 1 fully saturated rings. The van der Waals surface area contributed by atoms with Crippen LogP contribution in [0.15, 0.2) is 48.5 Å². The lowest BCUT2D eigenvalue weighted by Gasteiger charge is -2.32. The normalized spacial score (nSPS) is 17.0. The molecule has 1 aliphatic heterocycles. The highest BCUT2D eigenvalue weighted by atomic mass is 35.5. The Bertz CT molecular complexity index is 775. The molecule has 4 nitrogen and oxygen atoms in total. The zero-order valence-corrected chi connectivity index (χ0v) is 15.8. The summed E-state index contributed by atoms with van der Waals surface area (Å²) in [7, 11) is 0. The molecule has 2 aromatic carbocycles. The lowest BCUT2D eigenvalue weighted by molar-refractivity contribution is -0.126. The van der Waals surface area contributed by atoms with Crippen LogP contribution < -0.4 is 5.32 Å². The number of carbonyl (C=O) groups excluding carboxylic acids is 2. The number of hydrogen-bond acceptors (Lipinski definition) is 2. The van der Waals surface area contributed by atoms with Crippen molar-refractivity contribution in [3.8, 4) is 0 Å². The highest BCUT2D eigenvalue weighted by Gasteiger charge is 2.28. The van der Waals surface area contributed by atoms with Crippen LogP contribution in [-0.4, -0.2) is 29.8 Å². The molecule has 0 bridgehead atoms. The first-order valence-electron chi connectivity index (χ1n) is 8.60. The number of nitrogens with zero attached hydrogens (tertiary/aromatic N) is 1. The molecule has 1 aliphatic rings. The Balaban J connectivity index is 1.57. The number of amides is 2. The van der Waals surface area contributed by atoms with Crippen LogP contribution in [0.5, 0.6) is 0 Å². The predicted octanol–water partition coefficient (Wildman–Crippen LogP) is 4.16. The molecule has 0 radical (unpaired) electrons. The van der Waals surface area contributed by atoms with Crippen LogP contribution in [-0.2, 0) is 11.3 Å². The number of likely N-dealkylation sites (tertiary alicyclic amines) is 1. The van der Waals surface area contributed by atoms with E-state index in [0.29, 0.717) is 35.2 Å².